The highest BCUT2D eigenvalue weighted by Crippen LogP contribution is 2.25. The zero-order valence-corrected chi connectivity index (χ0v) is 9.43. The van der Waals surface area contributed by atoms with E-state index in [-0.39, 0.29) is 5.88 Å². The van der Waals surface area contributed by atoms with Crippen LogP contribution in [0.4, 0.5) is 4.79 Å². The van der Waals surface area contributed by atoms with E-state index in [1.54, 1.807) is 12.1 Å². The van der Waals surface area contributed by atoms with Gasteiger partial charge in [0.15, 0.2) is 6.19 Å². The van der Waals surface area contributed by atoms with Crippen molar-refractivity contribution in [2.45, 2.75) is 6.92 Å². The number of carbonyl (C=O) groups is 1. The molecule has 1 aromatic carbocycles. The van der Waals surface area contributed by atoms with E-state index in [1.807, 2.05) is 25.2 Å². The Morgan fingerprint density at radius 1 is 1.41 bits per heavy atom. The molecule has 0 N–H and O–H groups in total. The van der Waals surface area contributed by atoms with Crippen molar-refractivity contribution in [3.63, 3.8) is 0 Å². The fraction of sp³-hybridized carbons (Fsp3) is 0.167. The van der Waals surface area contributed by atoms with Crippen LogP contribution in [0.3, 0.4) is 0 Å². The molecule has 2 rings (SSSR count). The Morgan fingerprint density at radius 2 is 2.18 bits per heavy atom. The van der Waals surface area contributed by atoms with Gasteiger partial charge in [-0.2, -0.15) is 5.26 Å². The van der Waals surface area contributed by atoms with Crippen LogP contribution >= 0.6 is 0 Å². The lowest BCUT2D eigenvalue weighted by Crippen LogP contribution is -2.09. The number of aromatic nitrogens is 1. The Balaban J connectivity index is 2.56. The highest BCUT2D eigenvalue weighted by Gasteiger charge is 2.13. The molecule has 86 valence electrons. The molecule has 0 bridgehead atoms. The number of rotatable bonds is 1. The number of benzene rings is 1. The van der Waals surface area contributed by atoms with Gasteiger partial charge in [-0.3, -0.25) is 0 Å². The van der Waals surface area contributed by atoms with Crippen molar-refractivity contribution in [1.82, 2.24) is 4.57 Å². The molecule has 0 spiro atoms. The van der Waals surface area contributed by atoms with Crippen molar-refractivity contribution in [2.75, 3.05) is 7.11 Å². The van der Waals surface area contributed by atoms with E-state index >= 15 is 0 Å². The number of methoxy groups -OCH3 is 1. The second-order valence-electron chi connectivity index (χ2n) is 3.54. The van der Waals surface area contributed by atoms with Gasteiger partial charge in [0.25, 0.3) is 0 Å². The fourth-order valence-corrected chi connectivity index (χ4v) is 1.61. The first kappa shape index (κ1) is 11.0. The molecular formula is C12H10N2O3. The normalized spacial score (nSPS) is 9.94. The van der Waals surface area contributed by atoms with E-state index in [0.29, 0.717) is 5.52 Å². The van der Waals surface area contributed by atoms with Crippen molar-refractivity contribution in [3.05, 3.63) is 29.8 Å². The average molecular weight is 230 g/mol. The lowest BCUT2D eigenvalue weighted by atomic mass is 10.2. The van der Waals surface area contributed by atoms with Crippen molar-refractivity contribution in [2.24, 2.45) is 0 Å². The lowest BCUT2D eigenvalue weighted by molar-refractivity contribution is 0.119. The van der Waals surface area contributed by atoms with E-state index < -0.39 is 6.16 Å². The highest BCUT2D eigenvalue weighted by atomic mass is 16.7. The Hall–Kier alpha value is -2.48. The molecule has 0 amide bonds. The molecule has 1 aromatic heterocycles. The van der Waals surface area contributed by atoms with Crippen LogP contribution in [0.2, 0.25) is 0 Å². The summed E-state index contributed by atoms with van der Waals surface area (Å²) in [5.41, 5.74) is 1.76. The number of hydrogen-bond donors (Lipinski definition) is 0. The summed E-state index contributed by atoms with van der Waals surface area (Å²) < 4.78 is 10.5. The molecule has 2 aromatic rings. The van der Waals surface area contributed by atoms with Gasteiger partial charge in [0.2, 0.25) is 5.88 Å². The molecule has 0 aliphatic heterocycles. The van der Waals surface area contributed by atoms with Gasteiger partial charge < -0.3 is 9.47 Å². The minimum atomic E-state index is -0.846. The monoisotopic (exact) mass is 230 g/mol. The van der Waals surface area contributed by atoms with Crippen molar-refractivity contribution < 1.29 is 14.3 Å². The Labute approximate surface area is 97.8 Å². The summed E-state index contributed by atoms with van der Waals surface area (Å²) in [6.07, 6.45) is 1.11. The number of hydrogen-bond acceptors (Lipinski definition) is 4. The molecule has 0 unspecified atom stereocenters. The third kappa shape index (κ3) is 1.93. The van der Waals surface area contributed by atoms with Crippen LogP contribution in [0, 0.1) is 18.4 Å². The first-order valence-corrected chi connectivity index (χ1v) is 4.93. The Bertz CT molecular complexity index is 622. The van der Waals surface area contributed by atoms with Crippen molar-refractivity contribution in [3.8, 4) is 12.1 Å². The maximum atomic E-state index is 11.0. The minimum absolute atomic E-state index is 0.153. The number of fused-ring (bicyclic) bond motifs is 1. The van der Waals surface area contributed by atoms with E-state index in [4.69, 9.17) is 10.00 Å². The topological polar surface area (TPSA) is 64.2 Å². The van der Waals surface area contributed by atoms with Gasteiger partial charge in [-0.15, -0.1) is 0 Å². The number of nitriles is 1. The molecule has 0 aliphatic rings. The average Bonchev–Trinajstić information content (AvgIpc) is 2.64. The summed E-state index contributed by atoms with van der Waals surface area (Å²) in [6, 6.07) is 7.23. The van der Waals surface area contributed by atoms with Gasteiger partial charge in [-0.05, 0) is 19.1 Å². The van der Waals surface area contributed by atoms with Gasteiger partial charge >= 0.3 is 6.16 Å². The van der Waals surface area contributed by atoms with Gasteiger partial charge in [-0.25, -0.2) is 9.36 Å². The second-order valence-corrected chi connectivity index (χ2v) is 3.54. The predicted molar refractivity (Wildman–Crippen MR) is 60.7 cm³/mol. The summed E-state index contributed by atoms with van der Waals surface area (Å²) >= 11 is 0. The van der Waals surface area contributed by atoms with Crippen LogP contribution in [-0.4, -0.2) is 17.8 Å². The van der Waals surface area contributed by atoms with Crippen molar-refractivity contribution >= 4 is 17.1 Å². The van der Waals surface area contributed by atoms with Crippen LogP contribution in [0.25, 0.3) is 10.9 Å². The second kappa shape index (κ2) is 4.18. The van der Waals surface area contributed by atoms with Crippen molar-refractivity contribution in [1.29, 1.82) is 5.26 Å². The summed E-state index contributed by atoms with van der Waals surface area (Å²) in [4.78, 5) is 11.0. The largest absolute Gasteiger partial charge is 0.514 e. The molecule has 1 heterocycles. The fourth-order valence-electron chi connectivity index (χ4n) is 1.61. The molecule has 0 saturated carbocycles. The molecule has 0 aliphatic carbocycles. The molecule has 0 fully saturated rings. The number of nitrogens with zero attached hydrogens (tertiary/aromatic N) is 2. The number of carbonyl (C=O) groups excluding carboxylic acids is 1. The first-order valence-electron chi connectivity index (χ1n) is 4.93. The summed E-state index contributed by atoms with van der Waals surface area (Å²) in [5.74, 6) is 0.153. The predicted octanol–water partition coefficient (Wildman–Crippen LogP) is 2.42. The highest BCUT2D eigenvalue weighted by molar-refractivity contribution is 5.84. The van der Waals surface area contributed by atoms with Crippen LogP contribution in [0.1, 0.15) is 5.56 Å². The Kier molecular flexibility index (Phi) is 2.71. The van der Waals surface area contributed by atoms with E-state index in [0.717, 1.165) is 10.9 Å². The van der Waals surface area contributed by atoms with Gasteiger partial charge in [0, 0.05) is 11.5 Å². The third-order valence-corrected chi connectivity index (χ3v) is 2.38. The molecule has 5 heteroatoms. The Morgan fingerprint density at radius 3 is 2.82 bits per heavy atom. The minimum Gasteiger partial charge on any atom is -0.437 e. The third-order valence-electron chi connectivity index (χ3n) is 2.38. The zero-order chi connectivity index (χ0) is 12.4. The quantitative estimate of drug-likeness (QED) is 0.706. The molecule has 17 heavy (non-hydrogen) atoms. The van der Waals surface area contributed by atoms with Crippen LogP contribution in [0.5, 0.6) is 5.88 Å². The van der Waals surface area contributed by atoms with E-state index in [9.17, 15) is 4.79 Å². The summed E-state index contributed by atoms with van der Waals surface area (Å²) in [6.45, 7) is 1.95. The van der Waals surface area contributed by atoms with Crippen LogP contribution in [0.15, 0.2) is 24.3 Å². The number of ether oxygens (including phenoxy) is 2. The molecule has 0 atom stereocenters. The van der Waals surface area contributed by atoms with Crippen LogP contribution < -0.4 is 4.74 Å². The lowest BCUT2D eigenvalue weighted by Gasteiger charge is -2.01. The van der Waals surface area contributed by atoms with Gasteiger partial charge in [0.05, 0.1) is 12.6 Å². The molecule has 0 radical (unpaired) electrons. The standard InChI is InChI=1S/C12H10N2O3/c1-8-3-4-10-9(5-8)6-11(14(10)7-13)17-12(15)16-2/h3-6H,1-2H3. The van der Waals surface area contributed by atoms with E-state index in [1.165, 1.54) is 11.7 Å². The summed E-state index contributed by atoms with van der Waals surface area (Å²) in [7, 11) is 1.21. The maximum absolute atomic E-state index is 11.0. The summed E-state index contributed by atoms with van der Waals surface area (Å²) in [5, 5.41) is 9.88. The van der Waals surface area contributed by atoms with Gasteiger partial charge in [-0.1, -0.05) is 11.6 Å². The first-order chi connectivity index (χ1) is 8.15. The number of aryl methyl sites for hydroxylation is 1. The molecular weight excluding hydrogens is 220 g/mol. The van der Waals surface area contributed by atoms with Gasteiger partial charge in [0.1, 0.15) is 0 Å². The molecule has 5 nitrogen and oxygen atoms in total. The maximum Gasteiger partial charge on any atom is 0.514 e. The zero-order valence-electron chi connectivity index (χ0n) is 9.43. The van der Waals surface area contributed by atoms with Crippen LogP contribution in [-0.2, 0) is 4.74 Å². The van der Waals surface area contributed by atoms with E-state index in [2.05, 4.69) is 4.74 Å². The molecule has 0 saturated heterocycles. The smallest absolute Gasteiger partial charge is 0.437 e. The SMILES string of the molecule is COC(=O)Oc1cc2cc(C)ccc2n1C#N.